The van der Waals surface area contributed by atoms with Crippen LogP contribution >= 0.6 is 0 Å². The molecule has 0 amide bonds. The van der Waals surface area contributed by atoms with Gasteiger partial charge in [0.1, 0.15) is 17.7 Å². The van der Waals surface area contributed by atoms with Gasteiger partial charge in [0.2, 0.25) is 0 Å². The van der Waals surface area contributed by atoms with E-state index in [4.69, 9.17) is 9.47 Å². The molecule has 0 saturated heterocycles. The van der Waals surface area contributed by atoms with Gasteiger partial charge < -0.3 is 9.47 Å². The van der Waals surface area contributed by atoms with E-state index in [1.807, 2.05) is 0 Å². The lowest BCUT2D eigenvalue weighted by Crippen LogP contribution is -2.68. The third kappa shape index (κ3) is 4.87. The zero-order valence-electron chi connectivity index (χ0n) is 26.6. The van der Waals surface area contributed by atoms with Crippen molar-refractivity contribution in [3.63, 3.8) is 0 Å². The fraction of sp³-hybridized carbons (Fsp3) is 0.882. The van der Waals surface area contributed by atoms with Gasteiger partial charge in [-0.2, -0.15) is 0 Å². The predicted octanol–water partition coefficient (Wildman–Crippen LogP) is 6.97. The summed E-state index contributed by atoms with van der Waals surface area (Å²) >= 11 is 0. The fourth-order valence-corrected chi connectivity index (χ4v) is 10.6. The van der Waals surface area contributed by atoms with Crippen molar-refractivity contribution >= 4 is 23.5 Å². The lowest BCUT2D eigenvalue weighted by Gasteiger charge is -2.66. The standard InChI is InChI=1S/C34H54O6/c1-20(2)11-10-12-21(3)24-13-16-33(9)30-25(37)17-27-31(6,7)28(40-23(5)36)14-15-32(27,8)29(30)26(38)18-34(24,33)19-39-22(4)35/h20-21,24,27-30H,10-19H2,1-9H3/t21?,24-,27+,28+,29+,30-,32+,33+,34+/m1/s1. The van der Waals surface area contributed by atoms with Crippen LogP contribution in [0.15, 0.2) is 0 Å². The summed E-state index contributed by atoms with van der Waals surface area (Å²) in [5, 5.41) is 0. The molecular weight excluding hydrogens is 504 g/mol. The summed E-state index contributed by atoms with van der Waals surface area (Å²) in [4.78, 5) is 52.9. The minimum Gasteiger partial charge on any atom is -0.465 e. The summed E-state index contributed by atoms with van der Waals surface area (Å²) in [5.41, 5.74) is -1.67. The maximum absolute atomic E-state index is 14.5. The zero-order chi connectivity index (χ0) is 29.8. The summed E-state index contributed by atoms with van der Waals surface area (Å²) < 4.78 is 11.6. The fourth-order valence-electron chi connectivity index (χ4n) is 10.6. The van der Waals surface area contributed by atoms with Gasteiger partial charge in [0, 0.05) is 49.4 Å². The molecule has 226 valence electrons. The number of hydrogen-bond acceptors (Lipinski definition) is 6. The normalized spacial score (nSPS) is 41.1. The van der Waals surface area contributed by atoms with Gasteiger partial charge in [-0.3, -0.25) is 19.2 Å². The monoisotopic (exact) mass is 558 g/mol. The van der Waals surface area contributed by atoms with Gasteiger partial charge in [-0.05, 0) is 60.2 Å². The second kappa shape index (κ2) is 10.8. The Morgan fingerprint density at radius 2 is 1.57 bits per heavy atom. The summed E-state index contributed by atoms with van der Waals surface area (Å²) in [6.07, 6.45) is 7.25. The van der Waals surface area contributed by atoms with Crippen LogP contribution in [0.25, 0.3) is 0 Å². The van der Waals surface area contributed by atoms with Gasteiger partial charge in [0.05, 0.1) is 6.61 Å². The number of carbonyl (C=O) groups is 4. The molecule has 4 fully saturated rings. The van der Waals surface area contributed by atoms with Crippen molar-refractivity contribution in [1.82, 2.24) is 0 Å². The van der Waals surface area contributed by atoms with Crippen LogP contribution < -0.4 is 0 Å². The molecule has 0 bridgehead atoms. The quantitative estimate of drug-likeness (QED) is 0.299. The molecule has 6 nitrogen and oxygen atoms in total. The van der Waals surface area contributed by atoms with Gasteiger partial charge in [0.25, 0.3) is 0 Å². The summed E-state index contributed by atoms with van der Waals surface area (Å²) in [6, 6.07) is 0. The van der Waals surface area contributed by atoms with Crippen LogP contribution in [0.1, 0.15) is 120 Å². The van der Waals surface area contributed by atoms with Gasteiger partial charge >= 0.3 is 11.9 Å². The SMILES string of the molecule is CC(=O)OC[C@]12CC(=O)[C@H]3[C@@H](C(=O)C[C@H]4C(C)(C)[C@@H](OC(C)=O)CC[C@]34C)[C@]1(C)CC[C@@H]2C(C)CCCC(C)C. The number of carbonyl (C=O) groups excluding carboxylic acids is 4. The Hall–Kier alpha value is -1.72. The number of rotatable bonds is 8. The largest absolute Gasteiger partial charge is 0.465 e. The van der Waals surface area contributed by atoms with Gasteiger partial charge in [-0.15, -0.1) is 0 Å². The first-order valence-corrected chi connectivity index (χ1v) is 15.9. The number of ketones is 2. The molecule has 0 aromatic carbocycles. The van der Waals surface area contributed by atoms with Crippen molar-refractivity contribution in [1.29, 1.82) is 0 Å². The van der Waals surface area contributed by atoms with Crippen molar-refractivity contribution < 1.29 is 28.7 Å². The first-order valence-electron chi connectivity index (χ1n) is 15.9. The number of esters is 2. The molecule has 9 atom stereocenters. The Morgan fingerprint density at radius 3 is 2.17 bits per heavy atom. The summed E-state index contributed by atoms with van der Waals surface area (Å²) in [5.74, 6) is 0.285. The Labute approximate surface area is 242 Å². The molecule has 0 aromatic rings. The highest BCUT2D eigenvalue weighted by molar-refractivity contribution is 5.95. The van der Waals surface area contributed by atoms with E-state index < -0.39 is 16.2 Å². The Kier molecular flexibility index (Phi) is 8.46. The van der Waals surface area contributed by atoms with Crippen molar-refractivity contribution in [2.75, 3.05) is 6.61 Å². The zero-order valence-corrected chi connectivity index (χ0v) is 26.6. The van der Waals surface area contributed by atoms with E-state index in [9.17, 15) is 19.2 Å². The molecule has 6 heteroatoms. The van der Waals surface area contributed by atoms with E-state index in [-0.39, 0.29) is 65.3 Å². The molecule has 4 rings (SSSR count). The molecule has 4 aliphatic rings. The van der Waals surface area contributed by atoms with E-state index in [0.717, 1.165) is 32.1 Å². The van der Waals surface area contributed by atoms with Crippen LogP contribution in [0.5, 0.6) is 0 Å². The third-order valence-electron chi connectivity index (χ3n) is 12.6. The molecule has 0 spiro atoms. The predicted molar refractivity (Wildman–Crippen MR) is 154 cm³/mol. The highest BCUT2D eigenvalue weighted by Crippen LogP contribution is 2.73. The number of ether oxygens (including phenoxy) is 2. The van der Waals surface area contributed by atoms with Crippen LogP contribution in [0.3, 0.4) is 0 Å². The van der Waals surface area contributed by atoms with Crippen LogP contribution in [0, 0.1) is 57.2 Å². The average Bonchev–Trinajstić information content (AvgIpc) is 3.13. The summed E-state index contributed by atoms with van der Waals surface area (Å²) in [7, 11) is 0. The lowest BCUT2D eigenvalue weighted by atomic mass is 9.37. The van der Waals surface area contributed by atoms with E-state index in [1.165, 1.54) is 20.3 Å². The maximum Gasteiger partial charge on any atom is 0.302 e. The van der Waals surface area contributed by atoms with Gasteiger partial charge in [-0.25, -0.2) is 0 Å². The first kappa shape index (κ1) is 31.2. The van der Waals surface area contributed by atoms with Gasteiger partial charge in [-0.1, -0.05) is 67.7 Å². The lowest BCUT2D eigenvalue weighted by molar-refractivity contribution is -0.212. The molecule has 4 aliphatic carbocycles. The topological polar surface area (TPSA) is 86.7 Å². The molecule has 0 heterocycles. The number of hydrogen-bond donors (Lipinski definition) is 0. The van der Waals surface area contributed by atoms with Crippen molar-refractivity contribution in [3.05, 3.63) is 0 Å². The molecule has 0 radical (unpaired) electrons. The second-order valence-electron chi connectivity index (χ2n) is 15.6. The third-order valence-corrected chi connectivity index (χ3v) is 12.6. The minimum absolute atomic E-state index is 0.0347. The van der Waals surface area contributed by atoms with Crippen molar-refractivity contribution in [3.8, 4) is 0 Å². The molecule has 0 aliphatic heterocycles. The van der Waals surface area contributed by atoms with Crippen LogP contribution in [0.4, 0.5) is 0 Å². The summed E-state index contributed by atoms with van der Waals surface area (Å²) in [6.45, 7) is 18.6. The van der Waals surface area contributed by atoms with Crippen molar-refractivity contribution in [2.24, 2.45) is 57.2 Å². The van der Waals surface area contributed by atoms with Gasteiger partial charge in [0.15, 0.2) is 0 Å². The first-order chi connectivity index (χ1) is 18.5. The highest BCUT2D eigenvalue weighted by atomic mass is 16.5. The van der Waals surface area contributed by atoms with Crippen LogP contribution in [-0.4, -0.2) is 36.2 Å². The Balaban J connectivity index is 1.73. The average molecular weight is 559 g/mol. The highest BCUT2D eigenvalue weighted by Gasteiger charge is 2.74. The van der Waals surface area contributed by atoms with E-state index >= 15 is 0 Å². The second-order valence-corrected chi connectivity index (χ2v) is 15.6. The molecule has 40 heavy (non-hydrogen) atoms. The van der Waals surface area contributed by atoms with Crippen LogP contribution in [0.2, 0.25) is 0 Å². The molecule has 0 N–H and O–H groups in total. The minimum atomic E-state index is -0.516. The molecular formula is C34H54O6. The maximum atomic E-state index is 14.5. The number of Topliss-reactive ketones (excluding diaryl/α,β-unsaturated/α-hetero) is 2. The van der Waals surface area contributed by atoms with Crippen molar-refractivity contribution in [2.45, 2.75) is 126 Å². The van der Waals surface area contributed by atoms with E-state index in [2.05, 4.69) is 48.5 Å². The number of fused-ring (bicyclic) bond motifs is 5. The smallest absolute Gasteiger partial charge is 0.302 e. The molecule has 4 saturated carbocycles. The Morgan fingerprint density at radius 1 is 0.900 bits per heavy atom. The van der Waals surface area contributed by atoms with Crippen LogP contribution in [-0.2, 0) is 28.7 Å². The van der Waals surface area contributed by atoms with E-state index in [0.29, 0.717) is 31.1 Å². The van der Waals surface area contributed by atoms with E-state index in [1.54, 1.807) is 0 Å². The Bertz CT molecular complexity index is 1030. The molecule has 0 aromatic heterocycles. The molecule has 1 unspecified atom stereocenters.